The smallest absolute Gasteiger partial charge is 0.261 e. The molecule has 5 nitrogen and oxygen atoms in total. The predicted octanol–water partition coefficient (Wildman–Crippen LogP) is -0.577. The van der Waals surface area contributed by atoms with Gasteiger partial charge in [0.25, 0.3) is 11.8 Å². The molecule has 0 N–H and O–H groups in total. The number of rotatable bonds is 3. The summed E-state index contributed by atoms with van der Waals surface area (Å²) in [4.78, 5) is 34.6. The van der Waals surface area contributed by atoms with E-state index in [1.54, 1.807) is 24.3 Å². The van der Waals surface area contributed by atoms with Gasteiger partial charge in [-0.3, -0.25) is 14.5 Å². The van der Waals surface area contributed by atoms with Crippen molar-refractivity contribution >= 4 is 17.8 Å². The number of imide groups is 1. The first-order valence-corrected chi connectivity index (χ1v) is 4.76. The molecule has 5 heteroatoms. The van der Waals surface area contributed by atoms with Crippen LogP contribution in [0.15, 0.2) is 24.3 Å². The standard InChI is InChI=1S/C11H9NO4/c13-9(14)5-6-12-10(15)7-3-1-2-4-8(7)11(12)16/h1-4H,5-6H2,(H,13,14)/p-1. The summed E-state index contributed by atoms with van der Waals surface area (Å²) in [6.45, 7) is -0.144. The molecule has 1 heterocycles. The third-order valence-electron chi connectivity index (χ3n) is 2.42. The van der Waals surface area contributed by atoms with Crippen molar-refractivity contribution in [1.82, 2.24) is 4.90 Å². The second-order valence-corrected chi connectivity index (χ2v) is 3.43. The molecule has 0 bridgehead atoms. The highest BCUT2D eigenvalue weighted by Gasteiger charge is 2.34. The first-order valence-electron chi connectivity index (χ1n) is 4.76. The van der Waals surface area contributed by atoms with Crippen LogP contribution in [0.5, 0.6) is 0 Å². The number of amides is 2. The van der Waals surface area contributed by atoms with E-state index in [1.807, 2.05) is 0 Å². The molecule has 0 saturated carbocycles. The number of fused-ring (bicyclic) bond motifs is 1. The van der Waals surface area contributed by atoms with Crippen LogP contribution >= 0.6 is 0 Å². The van der Waals surface area contributed by atoms with Crippen molar-refractivity contribution in [3.8, 4) is 0 Å². The Morgan fingerprint density at radius 3 is 2.06 bits per heavy atom. The average molecular weight is 218 g/mol. The highest BCUT2D eigenvalue weighted by molar-refractivity contribution is 6.21. The highest BCUT2D eigenvalue weighted by atomic mass is 16.4. The molecule has 0 aromatic heterocycles. The molecule has 0 atom stereocenters. The fraction of sp³-hybridized carbons (Fsp3) is 0.182. The Morgan fingerprint density at radius 1 is 1.12 bits per heavy atom. The summed E-state index contributed by atoms with van der Waals surface area (Å²) in [6.07, 6.45) is -0.342. The lowest BCUT2D eigenvalue weighted by Gasteiger charge is -2.13. The average Bonchev–Trinajstić information content (AvgIpc) is 2.50. The Bertz CT molecular complexity index is 446. The molecule has 0 unspecified atom stereocenters. The Labute approximate surface area is 91.3 Å². The Hall–Kier alpha value is -2.17. The van der Waals surface area contributed by atoms with Crippen molar-refractivity contribution in [2.75, 3.05) is 6.54 Å². The molecule has 1 aliphatic heterocycles. The van der Waals surface area contributed by atoms with Gasteiger partial charge in [0.2, 0.25) is 0 Å². The van der Waals surface area contributed by atoms with Crippen molar-refractivity contribution in [2.24, 2.45) is 0 Å². The lowest BCUT2D eigenvalue weighted by atomic mass is 10.1. The van der Waals surface area contributed by atoms with Gasteiger partial charge in [-0.25, -0.2) is 0 Å². The maximum atomic E-state index is 11.7. The molecule has 1 aliphatic rings. The van der Waals surface area contributed by atoms with Gasteiger partial charge >= 0.3 is 0 Å². The molecule has 2 rings (SSSR count). The van der Waals surface area contributed by atoms with E-state index >= 15 is 0 Å². The van der Waals surface area contributed by atoms with Crippen LogP contribution in [0.2, 0.25) is 0 Å². The SMILES string of the molecule is O=C([O-])CCN1C(=O)c2ccccc2C1=O. The van der Waals surface area contributed by atoms with Crippen molar-refractivity contribution in [3.63, 3.8) is 0 Å². The van der Waals surface area contributed by atoms with Gasteiger partial charge in [-0.1, -0.05) is 12.1 Å². The molecule has 0 fully saturated rings. The van der Waals surface area contributed by atoms with Gasteiger partial charge in [-0.15, -0.1) is 0 Å². The van der Waals surface area contributed by atoms with Crippen LogP contribution in [0, 0.1) is 0 Å². The maximum Gasteiger partial charge on any atom is 0.261 e. The van der Waals surface area contributed by atoms with Crippen LogP contribution in [0.1, 0.15) is 27.1 Å². The van der Waals surface area contributed by atoms with Crippen LogP contribution in [0.3, 0.4) is 0 Å². The van der Waals surface area contributed by atoms with Gasteiger partial charge in [-0.2, -0.15) is 0 Å². The largest absolute Gasteiger partial charge is 0.550 e. The predicted molar refractivity (Wildman–Crippen MR) is 51.4 cm³/mol. The lowest BCUT2D eigenvalue weighted by molar-refractivity contribution is -0.305. The van der Waals surface area contributed by atoms with Gasteiger partial charge in [0.1, 0.15) is 0 Å². The zero-order valence-electron chi connectivity index (χ0n) is 8.30. The monoisotopic (exact) mass is 218 g/mol. The Balaban J connectivity index is 2.25. The Morgan fingerprint density at radius 2 is 1.62 bits per heavy atom. The van der Waals surface area contributed by atoms with E-state index < -0.39 is 17.8 Å². The summed E-state index contributed by atoms with van der Waals surface area (Å²) in [7, 11) is 0. The minimum Gasteiger partial charge on any atom is -0.550 e. The van der Waals surface area contributed by atoms with Gasteiger partial charge in [-0.05, 0) is 12.1 Å². The van der Waals surface area contributed by atoms with Crippen LogP contribution in [0.25, 0.3) is 0 Å². The van der Waals surface area contributed by atoms with Crippen molar-refractivity contribution < 1.29 is 19.5 Å². The molecule has 0 saturated heterocycles. The third kappa shape index (κ3) is 1.56. The molecular weight excluding hydrogens is 210 g/mol. The number of aliphatic carboxylic acids is 1. The van der Waals surface area contributed by atoms with Crippen molar-refractivity contribution in [2.45, 2.75) is 6.42 Å². The number of carbonyl (C=O) groups is 3. The third-order valence-corrected chi connectivity index (χ3v) is 2.42. The summed E-state index contributed by atoms with van der Waals surface area (Å²) in [5.41, 5.74) is 0.650. The maximum absolute atomic E-state index is 11.7. The van der Waals surface area contributed by atoms with Gasteiger partial charge in [0.15, 0.2) is 0 Å². The molecular formula is C11H8NO4-. The number of carboxylic acids is 1. The summed E-state index contributed by atoms with van der Waals surface area (Å²) >= 11 is 0. The van der Waals surface area contributed by atoms with E-state index in [0.717, 1.165) is 4.90 Å². The van der Waals surface area contributed by atoms with Crippen LogP contribution in [-0.2, 0) is 4.79 Å². The van der Waals surface area contributed by atoms with E-state index in [2.05, 4.69) is 0 Å². The number of hydrogen-bond donors (Lipinski definition) is 0. The first-order chi connectivity index (χ1) is 7.61. The van der Waals surface area contributed by atoms with Gasteiger partial charge < -0.3 is 9.90 Å². The normalized spacial score (nSPS) is 14.1. The molecule has 2 amide bonds. The number of nitrogens with zero attached hydrogens (tertiary/aromatic N) is 1. The quantitative estimate of drug-likeness (QED) is 0.636. The first kappa shape index (κ1) is 10.4. The molecule has 1 aromatic rings. The van der Waals surface area contributed by atoms with Crippen LogP contribution in [0.4, 0.5) is 0 Å². The highest BCUT2D eigenvalue weighted by Crippen LogP contribution is 2.22. The number of carboxylic acid groups (broad SMARTS) is 1. The zero-order chi connectivity index (χ0) is 11.7. The van der Waals surface area contributed by atoms with Crippen LogP contribution < -0.4 is 5.11 Å². The van der Waals surface area contributed by atoms with Gasteiger partial charge in [0.05, 0.1) is 11.1 Å². The summed E-state index contributed by atoms with van der Waals surface area (Å²) in [5.74, 6) is -2.17. The summed E-state index contributed by atoms with van der Waals surface area (Å²) in [6, 6.07) is 6.42. The van der Waals surface area contributed by atoms with Crippen molar-refractivity contribution in [1.29, 1.82) is 0 Å². The number of benzene rings is 1. The van der Waals surface area contributed by atoms with E-state index in [0.29, 0.717) is 11.1 Å². The molecule has 1 aromatic carbocycles. The summed E-state index contributed by atoms with van der Waals surface area (Å²) in [5, 5.41) is 10.3. The molecule has 0 spiro atoms. The fourth-order valence-corrected chi connectivity index (χ4v) is 1.65. The number of carbonyl (C=O) groups excluding carboxylic acids is 3. The fourth-order valence-electron chi connectivity index (χ4n) is 1.65. The second kappa shape index (κ2) is 3.77. The van der Waals surface area contributed by atoms with Gasteiger partial charge in [0, 0.05) is 18.9 Å². The topological polar surface area (TPSA) is 77.5 Å². The van der Waals surface area contributed by atoms with E-state index in [1.165, 1.54) is 0 Å². The molecule has 0 radical (unpaired) electrons. The minimum atomic E-state index is -1.28. The van der Waals surface area contributed by atoms with Crippen molar-refractivity contribution in [3.05, 3.63) is 35.4 Å². The molecule has 82 valence electrons. The lowest BCUT2D eigenvalue weighted by Crippen LogP contribution is -2.34. The molecule has 0 aliphatic carbocycles. The second-order valence-electron chi connectivity index (χ2n) is 3.43. The van der Waals surface area contributed by atoms with Crippen LogP contribution in [-0.4, -0.2) is 29.2 Å². The Kier molecular flexibility index (Phi) is 2.44. The molecule has 16 heavy (non-hydrogen) atoms. The summed E-state index contributed by atoms with van der Waals surface area (Å²) < 4.78 is 0. The van der Waals surface area contributed by atoms with E-state index in [4.69, 9.17) is 0 Å². The minimum absolute atomic E-state index is 0.144. The zero-order valence-corrected chi connectivity index (χ0v) is 8.30. The van der Waals surface area contributed by atoms with E-state index in [9.17, 15) is 19.5 Å². The number of hydrogen-bond acceptors (Lipinski definition) is 4. The van der Waals surface area contributed by atoms with E-state index in [-0.39, 0.29) is 13.0 Å².